The summed E-state index contributed by atoms with van der Waals surface area (Å²) in [5.74, 6) is -0.770. The number of anilines is 1. The van der Waals surface area contributed by atoms with Crippen molar-refractivity contribution in [2.45, 2.75) is 25.4 Å². The normalized spacial score (nSPS) is 11.8. The molecule has 5 rings (SSSR count). The van der Waals surface area contributed by atoms with E-state index in [-0.39, 0.29) is 17.9 Å². The van der Waals surface area contributed by atoms with Crippen LogP contribution in [0.25, 0.3) is 33.2 Å². The van der Waals surface area contributed by atoms with Gasteiger partial charge in [-0.25, -0.2) is 9.37 Å². The molecule has 3 aromatic carbocycles. The Kier molecular flexibility index (Phi) is 6.18. The summed E-state index contributed by atoms with van der Waals surface area (Å²) in [7, 11) is 0. The Labute approximate surface area is 204 Å². The van der Waals surface area contributed by atoms with Gasteiger partial charge < -0.3 is 10.3 Å². The lowest BCUT2D eigenvalue weighted by Crippen LogP contribution is -2.13. The number of hydrogen-bond donors (Lipinski definition) is 2. The van der Waals surface area contributed by atoms with Gasteiger partial charge in [-0.1, -0.05) is 30.3 Å². The second kappa shape index (κ2) is 9.45. The van der Waals surface area contributed by atoms with E-state index in [2.05, 4.69) is 10.3 Å². The molecule has 0 radical (unpaired) electrons. The van der Waals surface area contributed by atoms with E-state index in [0.29, 0.717) is 23.9 Å². The Balaban J connectivity index is 1.37. The number of nitrogens with zero attached hydrogens (tertiary/aromatic N) is 1. The van der Waals surface area contributed by atoms with Gasteiger partial charge >= 0.3 is 6.18 Å². The van der Waals surface area contributed by atoms with Crippen molar-refractivity contribution in [3.8, 4) is 11.4 Å². The molecule has 0 atom stereocenters. The molecule has 0 fully saturated rings. The minimum absolute atomic E-state index is 0.0861. The molecular weight excluding hydrogens is 470 g/mol. The monoisotopic (exact) mass is 491 g/mol. The number of amides is 1. The summed E-state index contributed by atoms with van der Waals surface area (Å²) in [6.45, 7) is 0. The van der Waals surface area contributed by atoms with Crippen LogP contribution in [0.4, 0.5) is 23.2 Å². The Hall–Kier alpha value is -4.20. The molecule has 0 saturated carbocycles. The molecule has 36 heavy (non-hydrogen) atoms. The molecular formula is C28H21F4N3O. The molecule has 0 aliphatic rings. The minimum atomic E-state index is -4.49. The van der Waals surface area contributed by atoms with E-state index in [1.165, 1.54) is 24.3 Å². The van der Waals surface area contributed by atoms with Crippen molar-refractivity contribution in [3.63, 3.8) is 0 Å². The van der Waals surface area contributed by atoms with Crippen LogP contribution in [0.1, 0.15) is 24.0 Å². The number of aromatic amines is 1. The second-order valence-electron chi connectivity index (χ2n) is 8.54. The molecule has 182 valence electrons. The minimum Gasteiger partial charge on any atom is -0.353 e. The van der Waals surface area contributed by atoms with Crippen LogP contribution < -0.4 is 5.32 Å². The van der Waals surface area contributed by atoms with Crippen LogP contribution in [0.3, 0.4) is 0 Å². The van der Waals surface area contributed by atoms with Crippen LogP contribution in [0.15, 0.2) is 78.9 Å². The highest BCUT2D eigenvalue weighted by Crippen LogP contribution is 2.33. The summed E-state index contributed by atoms with van der Waals surface area (Å²) in [6.07, 6.45) is -3.54. The maximum atomic E-state index is 14.1. The topological polar surface area (TPSA) is 57.8 Å². The average Bonchev–Trinajstić information content (AvgIpc) is 3.21. The molecule has 4 nitrogen and oxygen atoms in total. The summed E-state index contributed by atoms with van der Waals surface area (Å²) in [6, 6.07) is 20.6. The van der Waals surface area contributed by atoms with Gasteiger partial charge in [0.05, 0.1) is 22.5 Å². The van der Waals surface area contributed by atoms with E-state index >= 15 is 0 Å². The fraction of sp³-hybridized carbons (Fsp3) is 0.143. The van der Waals surface area contributed by atoms with E-state index in [1.54, 1.807) is 6.07 Å². The third-order valence-electron chi connectivity index (χ3n) is 6.03. The van der Waals surface area contributed by atoms with Gasteiger partial charge in [-0.3, -0.25) is 4.79 Å². The Morgan fingerprint density at radius 1 is 0.944 bits per heavy atom. The first-order valence-corrected chi connectivity index (χ1v) is 11.4. The maximum absolute atomic E-state index is 14.1. The molecule has 0 aliphatic heterocycles. The standard InChI is InChI=1S/C28H21F4N3O/c29-19-12-14-24-22(16-19)21(27(35-24)25-13-11-17-5-1-2-9-23(17)34-25)8-4-10-26(36)33-20-7-3-6-18(15-20)28(30,31)32/h1-3,5-7,9,11-16,35H,4,8,10H2,(H,33,36). The Morgan fingerprint density at radius 2 is 1.78 bits per heavy atom. The number of aryl methyl sites for hydroxylation is 1. The highest BCUT2D eigenvalue weighted by atomic mass is 19.4. The number of carbonyl (C=O) groups excluding carboxylic acids is 1. The highest BCUT2D eigenvalue weighted by Gasteiger charge is 2.30. The molecule has 2 heterocycles. The van der Waals surface area contributed by atoms with Gasteiger partial charge in [0.1, 0.15) is 5.82 Å². The van der Waals surface area contributed by atoms with Gasteiger partial charge in [-0.15, -0.1) is 0 Å². The van der Waals surface area contributed by atoms with Gasteiger partial charge in [0, 0.05) is 28.4 Å². The number of carbonyl (C=O) groups is 1. The lowest BCUT2D eigenvalue weighted by atomic mass is 10.0. The number of alkyl halides is 3. The zero-order valence-corrected chi connectivity index (χ0v) is 19.0. The highest BCUT2D eigenvalue weighted by molar-refractivity contribution is 5.92. The maximum Gasteiger partial charge on any atom is 0.416 e. The number of para-hydroxylation sites is 1. The molecule has 2 N–H and O–H groups in total. The average molecular weight is 491 g/mol. The molecule has 0 aliphatic carbocycles. The number of fused-ring (bicyclic) bond motifs is 2. The zero-order chi connectivity index (χ0) is 25.3. The smallest absolute Gasteiger partial charge is 0.353 e. The first-order valence-electron chi connectivity index (χ1n) is 11.4. The van der Waals surface area contributed by atoms with Crippen molar-refractivity contribution in [3.05, 3.63) is 95.8 Å². The van der Waals surface area contributed by atoms with Crippen LogP contribution in [-0.2, 0) is 17.4 Å². The lowest BCUT2D eigenvalue weighted by Gasteiger charge is -2.10. The quantitative estimate of drug-likeness (QED) is 0.242. The first-order chi connectivity index (χ1) is 17.3. The summed E-state index contributed by atoms with van der Waals surface area (Å²) in [4.78, 5) is 20.5. The number of benzene rings is 3. The third-order valence-corrected chi connectivity index (χ3v) is 6.03. The van der Waals surface area contributed by atoms with Gasteiger partial charge in [-0.2, -0.15) is 13.2 Å². The van der Waals surface area contributed by atoms with Crippen molar-refractivity contribution in [1.82, 2.24) is 9.97 Å². The second-order valence-corrected chi connectivity index (χ2v) is 8.54. The van der Waals surface area contributed by atoms with E-state index in [1.807, 2.05) is 36.4 Å². The van der Waals surface area contributed by atoms with E-state index in [9.17, 15) is 22.4 Å². The van der Waals surface area contributed by atoms with Gasteiger partial charge in [0.25, 0.3) is 0 Å². The van der Waals surface area contributed by atoms with Crippen LogP contribution >= 0.6 is 0 Å². The van der Waals surface area contributed by atoms with Gasteiger partial charge in [-0.05, 0) is 66.9 Å². The van der Waals surface area contributed by atoms with Crippen molar-refractivity contribution >= 4 is 33.4 Å². The zero-order valence-electron chi connectivity index (χ0n) is 19.0. The number of rotatable bonds is 6. The van der Waals surface area contributed by atoms with Crippen molar-refractivity contribution in [2.24, 2.45) is 0 Å². The fourth-order valence-electron chi connectivity index (χ4n) is 4.33. The lowest BCUT2D eigenvalue weighted by molar-refractivity contribution is -0.137. The molecule has 0 unspecified atom stereocenters. The fourth-order valence-corrected chi connectivity index (χ4v) is 4.33. The SMILES string of the molecule is O=C(CCCc1c(-c2ccc3ccccc3n2)[nH]c2ccc(F)cc12)Nc1cccc(C(F)(F)F)c1. The summed E-state index contributed by atoms with van der Waals surface area (Å²) < 4.78 is 52.9. The van der Waals surface area contributed by atoms with E-state index in [0.717, 1.165) is 39.8 Å². The van der Waals surface area contributed by atoms with E-state index in [4.69, 9.17) is 4.98 Å². The van der Waals surface area contributed by atoms with Gasteiger partial charge in [0.2, 0.25) is 5.91 Å². The van der Waals surface area contributed by atoms with Crippen LogP contribution in [0.5, 0.6) is 0 Å². The number of H-pyrrole nitrogens is 1. The molecule has 0 saturated heterocycles. The van der Waals surface area contributed by atoms with Crippen molar-refractivity contribution in [1.29, 1.82) is 0 Å². The number of nitrogens with one attached hydrogen (secondary N) is 2. The summed E-state index contributed by atoms with van der Waals surface area (Å²) in [5, 5.41) is 4.23. The summed E-state index contributed by atoms with van der Waals surface area (Å²) in [5.41, 5.74) is 3.13. The number of halogens is 4. The molecule has 1 amide bonds. The largest absolute Gasteiger partial charge is 0.416 e. The molecule has 5 aromatic rings. The number of aromatic nitrogens is 2. The van der Waals surface area contributed by atoms with Crippen molar-refractivity contribution < 1.29 is 22.4 Å². The van der Waals surface area contributed by atoms with Crippen molar-refractivity contribution in [2.75, 3.05) is 5.32 Å². The predicted octanol–water partition coefficient (Wildman–Crippen LogP) is 7.50. The molecule has 8 heteroatoms. The third kappa shape index (κ3) is 4.93. The molecule has 0 bridgehead atoms. The summed E-state index contributed by atoms with van der Waals surface area (Å²) >= 11 is 0. The van der Waals surface area contributed by atoms with E-state index < -0.39 is 17.6 Å². The predicted molar refractivity (Wildman–Crippen MR) is 132 cm³/mol. The Morgan fingerprint density at radius 3 is 2.61 bits per heavy atom. The van der Waals surface area contributed by atoms with Crippen LogP contribution in [0.2, 0.25) is 0 Å². The molecule has 0 spiro atoms. The number of pyridine rings is 1. The van der Waals surface area contributed by atoms with Crippen LogP contribution in [0, 0.1) is 5.82 Å². The van der Waals surface area contributed by atoms with Gasteiger partial charge in [0.15, 0.2) is 0 Å². The first kappa shape index (κ1) is 23.5. The Bertz CT molecular complexity index is 1570. The van der Waals surface area contributed by atoms with Crippen LogP contribution in [-0.4, -0.2) is 15.9 Å². The number of hydrogen-bond acceptors (Lipinski definition) is 2. The molecule has 2 aromatic heterocycles.